The molecule has 84 valence electrons. The van der Waals surface area contributed by atoms with Crippen molar-refractivity contribution < 1.29 is 9.90 Å². The van der Waals surface area contributed by atoms with Crippen molar-refractivity contribution in [2.24, 2.45) is 0 Å². The van der Waals surface area contributed by atoms with Gasteiger partial charge in [-0.25, -0.2) is 9.97 Å². The van der Waals surface area contributed by atoms with Gasteiger partial charge in [-0.05, 0) is 0 Å². The maximum absolute atomic E-state index is 11.5. The number of aromatic nitrogens is 4. The molecule has 0 bridgehead atoms. The molecular formula is C8H8N4O3S. The van der Waals surface area contributed by atoms with Gasteiger partial charge in [0.25, 0.3) is 11.3 Å². The monoisotopic (exact) mass is 240 g/mol. The SMILES string of the molecule is O=C(O)CSCc1cc(=O)n2[nH]cnc2n1. The predicted octanol–water partition coefficient (Wildman–Crippen LogP) is -0.265. The maximum Gasteiger partial charge on any atom is 0.313 e. The second kappa shape index (κ2) is 4.35. The van der Waals surface area contributed by atoms with Crippen LogP contribution in [0.4, 0.5) is 0 Å². The number of nitrogens with zero attached hydrogens (tertiary/aromatic N) is 3. The minimum Gasteiger partial charge on any atom is -0.481 e. The van der Waals surface area contributed by atoms with Crippen molar-refractivity contribution in [2.75, 3.05) is 5.75 Å². The fraction of sp³-hybridized carbons (Fsp3) is 0.250. The Morgan fingerprint density at radius 2 is 2.44 bits per heavy atom. The zero-order valence-electron chi connectivity index (χ0n) is 8.08. The van der Waals surface area contributed by atoms with Gasteiger partial charge in [-0.2, -0.15) is 4.52 Å². The third kappa shape index (κ3) is 2.22. The van der Waals surface area contributed by atoms with Crippen molar-refractivity contribution in [1.82, 2.24) is 19.6 Å². The summed E-state index contributed by atoms with van der Waals surface area (Å²) in [7, 11) is 0. The first-order valence-corrected chi connectivity index (χ1v) is 5.54. The van der Waals surface area contributed by atoms with Gasteiger partial charge >= 0.3 is 5.97 Å². The molecular weight excluding hydrogens is 232 g/mol. The molecule has 2 N–H and O–H groups in total. The summed E-state index contributed by atoms with van der Waals surface area (Å²) in [5, 5.41) is 11.1. The van der Waals surface area contributed by atoms with E-state index in [2.05, 4.69) is 15.1 Å². The zero-order valence-corrected chi connectivity index (χ0v) is 8.90. The van der Waals surface area contributed by atoms with Crippen molar-refractivity contribution in [3.05, 3.63) is 28.4 Å². The number of hydrogen-bond acceptors (Lipinski definition) is 5. The third-order valence-electron chi connectivity index (χ3n) is 1.80. The second-order valence-corrected chi connectivity index (χ2v) is 3.98. The fourth-order valence-electron chi connectivity index (χ4n) is 1.19. The summed E-state index contributed by atoms with van der Waals surface area (Å²) in [5.74, 6) is -0.229. The highest BCUT2D eigenvalue weighted by molar-refractivity contribution is 7.99. The van der Waals surface area contributed by atoms with Crippen LogP contribution in [-0.2, 0) is 10.5 Å². The van der Waals surface area contributed by atoms with E-state index >= 15 is 0 Å². The molecule has 0 fully saturated rings. The van der Waals surface area contributed by atoms with Gasteiger partial charge < -0.3 is 5.11 Å². The summed E-state index contributed by atoms with van der Waals surface area (Å²) < 4.78 is 1.21. The Morgan fingerprint density at radius 1 is 1.62 bits per heavy atom. The number of nitrogens with one attached hydrogen (secondary N) is 1. The molecule has 0 spiro atoms. The molecule has 0 aliphatic rings. The Morgan fingerprint density at radius 3 is 3.19 bits per heavy atom. The number of fused-ring (bicyclic) bond motifs is 1. The van der Waals surface area contributed by atoms with Crippen LogP contribution >= 0.6 is 11.8 Å². The number of aromatic amines is 1. The summed E-state index contributed by atoms with van der Waals surface area (Å²) in [6, 6.07) is 1.36. The standard InChI is InChI=1S/C8H8N4O3S/c13-6-1-5(2-16-3-7(14)15)11-8-9-4-10-12(6)8/h1,4H,2-3H2,(H,14,15)(H,9,10,11). The summed E-state index contributed by atoms with van der Waals surface area (Å²) in [6.07, 6.45) is 1.37. The number of hydrogen-bond donors (Lipinski definition) is 2. The highest BCUT2D eigenvalue weighted by Gasteiger charge is 2.05. The lowest BCUT2D eigenvalue weighted by Gasteiger charge is -1.98. The van der Waals surface area contributed by atoms with E-state index < -0.39 is 5.97 Å². The minimum absolute atomic E-state index is 0.0123. The van der Waals surface area contributed by atoms with Crippen LogP contribution in [-0.4, -0.2) is 36.4 Å². The first-order valence-electron chi connectivity index (χ1n) is 4.38. The van der Waals surface area contributed by atoms with Gasteiger partial charge in [0.2, 0.25) is 0 Å². The predicted molar refractivity (Wildman–Crippen MR) is 57.4 cm³/mol. The van der Waals surface area contributed by atoms with Crippen LogP contribution < -0.4 is 5.56 Å². The molecule has 7 nitrogen and oxygen atoms in total. The second-order valence-electron chi connectivity index (χ2n) is 2.99. The molecule has 0 aliphatic carbocycles. The van der Waals surface area contributed by atoms with E-state index in [1.54, 1.807) is 0 Å². The molecule has 0 saturated carbocycles. The van der Waals surface area contributed by atoms with Gasteiger partial charge in [0.15, 0.2) is 0 Å². The first-order chi connectivity index (χ1) is 7.66. The van der Waals surface area contributed by atoms with Gasteiger partial charge in [0.05, 0.1) is 11.4 Å². The number of carboxylic acids is 1. The number of thioether (sulfide) groups is 1. The van der Waals surface area contributed by atoms with E-state index in [9.17, 15) is 9.59 Å². The van der Waals surface area contributed by atoms with Gasteiger partial charge in [-0.1, -0.05) is 0 Å². The number of H-pyrrole nitrogens is 1. The Hall–Kier alpha value is -1.83. The van der Waals surface area contributed by atoms with Crippen LogP contribution in [0.3, 0.4) is 0 Å². The molecule has 0 unspecified atom stereocenters. The van der Waals surface area contributed by atoms with Gasteiger partial charge in [0.1, 0.15) is 6.33 Å². The summed E-state index contributed by atoms with van der Waals surface area (Å²) in [4.78, 5) is 29.7. The Kier molecular flexibility index (Phi) is 2.91. The maximum atomic E-state index is 11.5. The highest BCUT2D eigenvalue weighted by Crippen LogP contribution is 2.08. The normalized spacial score (nSPS) is 10.8. The molecule has 0 saturated heterocycles. The molecule has 2 rings (SSSR count). The molecule has 0 amide bonds. The van der Waals surface area contributed by atoms with E-state index in [4.69, 9.17) is 5.11 Å². The van der Waals surface area contributed by atoms with Crippen LogP contribution in [0.5, 0.6) is 0 Å². The van der Waals surface area contributed by atoms with Crippen LogP contribution in [0.25, 0.3) is 5.78 Å². The smallest absolute Gasteiger partial charge is 0.313 e. The summed E-state index contributed by atoms with van der Waals surface area (Å²) in [5.41, 5.74) is 0.275. The third-order valence-corrected chi connectivity index (χ3v) is 2.75. The van der Waals surface area contributed by atoms with E-state index in [0.29, 0.717) is 17.2 Å². The number of rotatable bonds is 4. The van der Waals surface area contributed by atoms with E-state index in [0.717, 1.165) is 0 Å². The Labute approximate surface area is 93.5 Å². The van der Waals surface area contributed by atoms with Crippen LogP contribution in [0.1, 0.15) is 5.69 Å². The lowest BCUT2D eigenvalue weighted by Crippen LogP contribution is -2.15. The molecule has 2 aromatic heterocycles. The number of carbonyl (C=O) groups is 1. The molecule has 2 heterocycles. The lowest BCUT2D eigenvalue weighted by molar-refractivity contribution is -0.133. The van der Waals surface area contributed by atoms with E-state index in [1.807, 2.05) is 0 Å². The topological polar surface area (TPSA) is 100 Å². The van der Waals surface area contributed by atoms with Crippen LogP contribution in [0.2, 0.25) is 0 Å². The summed E-state index contributed by atoms with van der Waals surface area (Å²) in [6.45, 7) is 0. The van der Waals surface area contributed by atoms with Crippen LogP contribution in [0.15, 0.2) is 17.2 Å². The van der Waals surface area contributed by atoms with Gasteiger partial charge in [0, 0.05) is 11.8 Å². The van der Waals surface area contributed by atoms with Crippen LogP contribution in [0, 0.1) is 0 Å². The van der Waals surface area contributed by atoms with Crippen molar-refractivity contribution in [1.29, 1.82) is 0 Å². The van der Waals surface area contributed by atoms with Crippen molar-refractivity contribution in [2.45, 2.75) is 5.75 Å². The number of carboxylic acid groups (broad SMARTS) is 1. The molecule has 2 aromatic rings. The summed E-state index contributed by atoms with van der Waals surface area (Å²) >= 11 is 1.19. The van der Waals surface area contributed by atoms with Crippen molar-refractivity contribution in [3.63, 3.8) is 0 Å². The highest BCUT2D eigenvalue weighted by atomic mass is 32.2. The van der Waals surface area contributed by atoms with E-state index in [1.165, 1.54) is 28.7 Å². The molecule has 0 aliphatic heterocycles. The Bertz CT molecular complexity index is 576. The number of aliphatic carboxylic acids is 1. The molecule has 0 radical (unpaired) electrons. The fourth-order valence-corrected chi connectivity index (χ4v) is 1.82. The molecule has 0 atom stereocenters. The largest absolute Gasteiger partial charge is 0.481 e. The molecule has 0 aromatic carbocycles. The van der Waals surface area contributed by atoms with E-state index in [-0.39, 0.29) is 11.3 Å². The van der Waals surface area contributed by atoms with Crippen molar-refractivity contribution >= 4 is 23.5 Å². The molecule has 16 heavy (non-hydrogen) atoms. The minimum atomic E-state index is -0.887. The molecule has 8 heteroatoms. The van der Waals surface area contributed by atoms with Crippen molar-refractivity contribution in [3.8, 4) is 0 Å². The average Bonchev–Trinajstić information content (AvgIpc) is 2.65. The quantitative estimate of drug-likeness (QED) is 0.763. The van der Waals surface area contributed by atoms with Gasteiger partial charge in [-0.15, -0.1) is 11.8 Å². The Balaban J connectivity index is 2.18. The first kappa shape index (κ1) is 10.7. The zero-order chi connectivity index (χ0) is 11.5. The van der Waals surface area contributed by atoms with Gasteiger partial charge in [-0.3, -0.25) is 14.7 Å². The lowest BCUT2D eigenvalue weighted by atomic mass is 10.4. The average molecular weight is 240 g/mol.